The van der Waals surface area contributed by atoms with E-state index >= 15 is 0 Å². The van der Waals surface area contributed by atoms with Crippen LogP contribution in [0.3, 0.4) is 0 Å². The van der Waals surface area contributed by atoms with Crippen LogP contribution >= 0.6 is 0 Å². The molecule has 0 saturated carbocycles. The van der Waals surface area contributed by atoms with Gasteiger partial charge in [-0.25, -0.2) is 0 Å². The summed E-state index contributed by atoms with van der Waals surface area (Å²) in [7, 11) is 0. The fourth-order valence-corrected chi connectivity index (χ4v) is 4.02. The van der Waals surface area contributed by atoms with Crippen molar-refractivity contribution in [1.82, 2.24) is 10.6 Å². The Morgan fingerprint density at radius 2 is 1.16 bits per heavy atom. The highest BCUT2D eigenvalue weighted by Crippen LogP contribution is 2.13. The van der Waals surface area contributed by atoms with E-state index in [1.165, 1.54) is 83.5 Å². The fourth-order valence-electron chi connectivity index (χ4n) is 4.02. The van der Waals surface area contributed by atoms with Gasteiger partial charge in [0, 0.05) is 13.0 Å². The van der Waals surface area contributed by atoms with E-state index in [1.54, 1.807) is 0 Å². The van der Waals surface area contributed by atoms with Gasteiger partial charge in [0.15, 0.2) is 0 Å². The summed E-state index contributed by atoms with van der Waals surface area (Å²) in [5.74, 6) is -0.0576. The van der Waals surface area contributed by atoms with Crippen LogP contribution in [0.5, 0.6) is 0 Å². The fraction of sp³-hybridized carbons (Fsp3) is 0.926. The number of amides is 2. The van der Waals surface area contributed by atoms with Crippen LogP contribution in [0.15, 0.2) is 0 Å². The zero-order chi connectivity index (χ0) is 23.7. The van der Waals surface area contributed by atoms with E-state index < -0.39 is 6.04 Å². The topological polar surface area (TPSA) is 84.2 Å². The lowest BCUT2D eigenvalue weighted by molar-refractivity contribution is -0.129. The molecular formula is C27H55N3O2. The third kappa shape index (κ3) is 20.8. The minimum atomic E-state index is -0.419. The maximum Gasteiger partial charge on any atom is 0.242 e. The first kappa shape index (κ1) is 30.9. The van der Waals surface area contributed by atoms with Crippen molar-refractivity contribution in [1.29, 1.82) is 0 Å². The smallest absolute Gasteiger partial charge is 0.242 e. The van der Waals surface area contributed by atoms with Crippen LogP contribution in [0, 0.1) is 0 Å². The second kappa shape index (κ2) is 24.5. The minimum Gasteiger partial charge on any atom is -0.354 e. The standard InChI is InChI=1S/C27H55N3O2/c1-3-5-7-8-9-10-11-12-13-14-15-16-17-20-24-29-27(32)25(21-18-19-23-28)30-26(31)22-6-4-2/h25H,3-24,28H2,1-2H3,(H,29,32)(H,30,31)/t25-/m0/s1. The Balaban J connectivity index is 3.71. The van der Waals surface area contributed by atoms with Crippen LogP contribution in [-0.4, -0.2) is 30.9 Å². The molecule has 0 aromatic carbocycles. The van der Waals surface area contributed by atoms with Gasteiger partial charge in [-0.05, 0) is 38.6 Å². The molecule has 0 spiro atoms. The minimum absolute atomic E-state index is 0.0174. The second-order valence-corrected chi connectivity index (χ2v) is 9.40. The molecule has 2 amide bonds. The molecule has 0 bridgehead atoms. The van der Waals surface area contributed by atoms with Crippen molar-refractivity contribution in [2.75, 3.05) is 13.1 Å². The molecule has 0 aromatic heterocycles. The molecule has 0 aliphatic heterocycles. The van der Waals surface area contributed by atoms with Crippen molar-refractivity contribution in [2.45, 2.75) is 148 Å². The summed E-state index contributed by atoms with van der Waals surface area (Å²) in [6.45, 7) is 5.66. The molecule has 0 radical (unpaired) electrons. The Kier molecular flexibility index (Phi) is 23.7. The molecule has 0 unspecified atom stereocenters. The summed E-state index contributed by atoms with van der Waals surface area (Å²) in [5, 5.41) is 5.95. The van der Waals surface area contributed by atoms with Crippen molar-refractivity contribution in [2.24, 2.45) is 5.73 Å². The molecule has 5 nitrogen and oxygen atoms in total. The molecule has 0 aliphatic rings. The number of hydrogen-bond acceptors (Lipinski definition) is 3. The first-order chi connectivity index (χ1) is 15.7. The largest absolute Gasteiger partial charge is 0.354 e. The highest BCUT2D eigenvalue weighted by atomic mass is 16.2. The second-order valence-electron chi connectivity index (χ2n) is 9.40. The highest BCUT2D eigenvalue weighted by molar-refractivity contribution is 5.87. The quantitative estimate of drug-likeness (QED) is 0.148. The van der Waals surface area contributed by atoms with Gasteiger partial charge >= 0.3 is 0 Å². The van der Waals surface area contributed by atoms with Crippen molar-refractivity contribution in [3.63, 3.8) is 0 Å². The van der Waals surface area contributed by atoms with E-state index in [1.807, 2.05) is 0 Å². The van der Waals surface area contributed by atoms with E-state index in [4.69, 9.17) is 5.73 Å². The number of carbonyl (C=O) groups is 2. The van der Waals surface area contributed by atoms with Gasteiger partial charge in [0.2, 0.25) is 11.8 Å². The molecule has 0 rings (SSSR count). The number of hydrogen-bond donors (Lipinski definition) is 3. The highest BCUT2D eigenvalue weighted by Gasteiger charge is 2.19. The van der Waals surface area contributed by atoms with E-state index in [0.29, 0.717) is 25.9 Å². The van der Waals surface area contributed by atoms with Gasteiger partial charge < -0.3 is 16.4 Å². The Labute approximate surface area is 199 Å². The van der Waals surface area contributed by atoms with Crippen LogP contribution in [0.2, 0.25) is 0 Å². The number of carbonyl (C=O) groups excluding carboxylic acids is 2. The molecule has 190 valence electrons. The number of rotatable bonds is 24. The van der Waals surface area contributed by atoms with Crippen LogP contribution in [-0.2, 0) is 9.59 Å². The molecule has 0 fully saturated rings. The zero-order valence-electron chi connectivity index (χ0n) is 21.5. The maximum atomic E-state index is 12.5. The average Bonchev–Trinajstić information content (AvgIpc) is 2.79. The Morgan fingerprint density at radius 3 is 1.66 bits per heavy atom. The van der Waals surface area contributed by atoms with Gasteiger partial charge in [-0.3, -0.25) is 9.59 Å². The van der Waals surface area contributed by atoms with Crippen LogP contribution in [0.1, 0.15) is 142 Å². The molecule has 4 N–H and O–H groups in total. The van der Waals surface area contributed by atoms with Gasteiger partial charge in [-0.15, -0.1) is 0 Å². The molecule has 0 aliphatic carbocycles. The van der Waals surface area contributed by atoms with Crippen LogP contribution in [0.4, 0.5) is 0 Å². The first-order valence-electron chi connectivity index (χ1n) is 13.9. The van der Waals surface area contributed by atoms with Crippen LogP contribution < -0.4 is 16.4 Å². The molecule has 0 aromatic rings. The Hall–Kier alpha value is -1.10. The predicted octanol–water partition coefficient (Wildman–Crippen LogP) is 6.39. The SMILES string of the molecule is CCCCCCCCCCCCCCCCNC(=O)[C@H](CCCCN)NC(=O)CCCC. The van der Waals surface area contributed by atoms with E-state index in [-0.39, 0.29) is 11.8 Å². The lowest BCUT2D eigenvalue weighted by Crippen LogP contribution is -2.47. The molecule has 5 heteroatoms. The zero-order valence-corrected chi connectivity index (χ0v) is 21.5. The van der Waals surface area contributed by atoms with Gasteiger partial charge in [-0.1, -0.05) is 104 Å². The summed E-state index contributed by atoms with van der Waals surface area (Å²) in [6.07, 6.45) is 23.4. The number of nitrogens with one attached hydrogen (secondary N) is 2. The molecular weight excluding hydrogens is 398 g/mol. The Bertz CT molecular complexity index is 429. The third-order valence-corrected chi connectivity index (χ3v) is 6.19. The monoisotopic (exact) mass is 453 g/mol. The molecule has 32 heavy (non-hydrogen) atoms. The average molecular weight is 454 g/mol. The number of nitrogens with two attached hydrogens (primary N) is 1. The van der Waals surface area contributed by atoms with Gasteiger partial charge in [-0.2, -0.15) is 0 Å². The summed E-state index contributed by atoms with van der Waals surface area (Å²) < 4.78 is 0. The number of unbranched alkanes of at least 4 members (excludes halogenated alkanes) is 15. The first-order valence-corrected chi connectivity index (χ1v) is 13.9. The lowest BCUT2D eigenvalue weighted by atomic mass is 10.0. The summed E-state index contributed by atoms with van der Waals surface area (Å²) in [6, 6.07) is -0.419. The van der Waals surface area contributed by atoms with Crippen LogP contribution in [0.25, 0.3) is 0 Å². The van der Waals surface area contributed by atoms with E-state index in [9.17, 15) is 9.59 Å². The van der Waals surface area contributed by atoms with Crippen molar-refractivity contribution in [3.8, 4) is 0 Å². The van der Waals surface area contributed by atoms with Gasteiger partial charge in [0.05, 0.1) is 0 Å². The van der Waals surface area contributed by atoms with Crippen molar-refractivity contribution >= 4 is 11.8 Å². The Morgan fingerprint density at radius 1 is 0.656 bits per heavy atom. The summed E-state index contributed by atoms with van der Waals surface area (Å²) >= 11 is 0. The molecule has 0 saturated heterocycles. The van der Waals surface area contributed by atoms with Crippen molar-refractivity contribution in [3.05, 3.63) is 0 Å². The van der Waals surface area contributed by atoms with E-state index in [0.717, 1.165) is 32.1 Å². The third-order valence-electron chi connectivity index (χ3n) is 6.19. The lowest BCUT2D eigenvalue weighted by Gasteiger charge is -2.18. The maximum absolute atomic E-state index is 12.5. The summed E-state index contributed by atoms with van der Waals surface area (Å²) in [4.78, 5) is 24.6. The van der Waals surface area contributed by atoms with Gasteiger partial charge in [0.1, 0.15) is 6.04 Å². The van der Waals surface area contributed by atoms with Gasteiger partial charge in [0.25, 0.3) is 0 Å². The van der Waals surface area contributed by atoms with E-state index in [2.05, 4.69) is 24.5 Å². The molecule has 1 atom stereocenters. The van der Waals surface area contributed by atoms with Crippen molar-refractivity contribution < 1.29 is 9.59 Å². The summed E-state index contributed by atoms with van der Waals surface area (Å²) in [5.41, 5.74) is 5.57. The molecule has 0 heterocycles. The normalized spacial score (nSPS) is 12.0. The predicted molar refractivity (Wildman–Crippen MR) is 138 cm³/mol.